The van der Waals surface area contributed by atoms with E-state index in [0.29, 0.717) is 34.9 Å². The van der Waals surface area contributed by atoms with Gasteiger partial charge in [0.1, 0.15) is 34.0 Å². The first kappa shape index (κ1) is 65.1. The molecule has 0 aliphatic heterocycles. The zero-order valence-electron chi connectivity index (χ0n) is 60.3. The monoisotopic (exact) mass is 1430 g/mol. The Morgan fingerprint density at radius 2 is 0.464 bits per heavy atom. The zero-order valence-corrected chi connectivity index (χ0v) is 60.3. The minimum Gasteiger partial charge on any atom is -0.276 e. The summed E-state index contributed by atoms with van der Waals surface area (Å²) < 4.78 is 6.56. The summed E-state index contributed by atoms with van der Waals surface area (Å²) in [5.41, 5.74) is 29.2. The van der Waals surface area contributed by atoms with E-state index in [0.717, 1.165) is 117 Å². The van der Waals surface area contributed by atoms with Gasteiger partial charge in [-0.15, -0.1) is 0 Å². The van der Waals surface area contributed by atoms with Crippen LogP contribution in [0.3, 0.4) is 0 Å². The lowest BCUT2D eigenvalue weighted by molar-refractivity contribution is 0.794. The van der Waals surface area contributed by atoms with Crippen molar-refractivity contribution in [2.45, 2.75) is 5.41 Å². The van der Waals surface area contributed by atoms with Crippen LogP contribution < -0.4 is 0 Å². The quantitative estimate of drug-likeness (QED) is 0.117. The number of hydrogen-bond acceptors (Lipinski definition) is 9. The molecule has 20 aromatic rings. The molecule has 0 amide bonds. The van der Waals surface area contributed by atoms with E-state index < -0.39 is 5.41 Å². The molecule has 0 bridgehead atoms. The molecule has 2 aliphatic rings. The summed E-state index contributed by atoms with van der Waals surface area (Å²) in [5.74, 6) is 4.14. The molecule has 0 atom stereocenters. The number of rotatable bonds is 12. The van der Waals surface area contributed by atoms with Gasteiger partial charge in [-0.05, 0) is 140 Å². The smallest absolute Gasteiger partial charge is 0.164 e. The Morgan fingerprint density at radius 1 is 0.188 bits per heavy atom. The fourth-order valence-corrected chi connectivity index (χ4v) is 16.8. The van der Waals surface area contributed by atoms with Gasteiger partial charge in [0.2, 0.25) is 0 Å². The highest BCUT2D eigenvalue weighted by atomic mass is 15.2. The van der Waals surface area contributed by atoms with E-state index >= 15 is 0 Å². The molecule has 0 unspecified atom stereocenters. The van der Waals surface area contributed by atoms with E-state index in [4.69, 9.17) is 44.9 Å². The van der Waals surface area contributed by atoms with Crippen molar-refractivity contribution in [3.63, 3.8) is 0 Å². The highest BCUT2D eigenvalue weighted by Gasteiger charge is 2.51. The van der Waals surface area contributed by atoms with Gasteiger partial charge in [-0.1, -0.05) is 291 Å². The third-order valence-corrected chi connectivity index (χ3v) is 21.6. The highest BCUT2D eigenvalue weighted by Crippen LogP contribution is 2.63. The number of benzene rings is 13. The Bertz CT molecular complexity index is 6460. The molecule has 7 aromatic heterocycles. The first-order valence-electron chi connectivity index (χ1n) is 37.5. The van der Waals surface area contributed by atoms with Crippen LogP contribution >= 0.6 is 0 Å². The Morgan fingerprint density at radius 3 is 0.804 bits per heavy atom. The fraction of sp³-hybridized carbons (Fsp3) is 0.0100. The maximum atomic E-state index is 5.44. The number of para-hydroxylation sites is 3. The summed E-state index contributed by atoms with van der Waals surface area (Å²) >= 11 is 0. The SMILES string of the molecule is c1ccc(-c2ccccc2-n2c(-c3cc(-c4nc5cccnc5n4-c4ccccc4-c4ccccc4)cc(-c4nc5cccnc5n4-c4ccccc4-c4ccccc4)c3)nc3cccnc32)cc1.c1ccc(-c2nc(-c3ccccc3)nc(-c3ccc4c(c3)C3(c5ccccc5-c5ccccc53)c3ccccc3-4)n2)cc1. The van der Waals surface area contributed by atoms with Crippen molar-refractivity contribution in [2.24, 2.45) is 0 Å². The maximum absolute atomic E-state index is 5.44. The van der Waals surface area contributed by atoms with Gasteiger partial charge in [0, 0.05) is 68.7 Å². The minimum atomic E-state index is -0.410. The summed E-state index contributed by atoms with van der Waals surface area (Å²) in [6.45, 7) is 0. The fourth-order valence-electron chi connectivity index (χ4n) is 16.8. The number of aromatic nitrogens is 12. The van der Waals surface area contributed by atoms with Crippen LogP contribution in [0.5, 0.6) is 0 Å². The lowest BCUT2D eigenvalue weighted by Gasteiger charge is -2.30. The molecule has 112 heavy (non-hydrogen) atoms. The van der Waals surface area contributed by atoms with Crippen molar-refractivity contribution in [1.82, 2.24) is 58.6 Å². The van der Waals surface area contributed by atoms with Crippen LogP contribution in [0, 0.1) is 0 Å². The molecule has 0 saturated carbocycles. The summed E-state index contributed by atoms with van der Waals surface area (Å²) in [7, 11) is 0. The van der Waals surface area contributed by atoms with Gasteiger partial charge >= 0.3 is 0 Å². The number of nitrogens with zero attached hydrogens (tertiary/aromatic N) is 12. The van der Waals surface area contributed by atoms with E-state index in [9.17, 15) is 0 Å². The second-order valence-electron chi connectivity index (χ2n) is 28.0. The topological polar surface area (TPSA) is 131 Å². The second-order valence-corrected chi connectivity index (χ2v) is 28.0. The summed E-state index contributed by atoms with van der Waals surface area (Å²) in [6, 6.07) is 129. The molecule has 2 aliphatic carbocycles. The molecule has 0 radical (unpaired) electrons. The van der Waals surface area contributed by atoms with E-state index in [1.165, 1.54) is 44.5 Å². The zero-order chi connectivity index (χ0) is 74.1. The van der Waals surface area contributed by atoms with Crippen LogP contribution in [-0.2, 0) is 5.41 Å². The molecule has 0 N–H and O–H groups in total. The van der Waals surface area contributed by atoms with Gasteiger partial charge < -0.3 is 0 Å². The third kappa shape index (κ3) is 10.9. The van der Waals surface area contributed by atoms with E-state index in [1.54, 1.807) is 0 Å². The second kappa shape index (κ2) is 27.2. The van der Waals surface area contributed by atoms with Gasteiger partial charge in [0.05, 0.1) is 22.5 Å². The van der Waals surface area contributed by atoms with Crippen molar-refractivity contribution in [2.75, 3.05) is 0 Å². The van der Waals surface area contributed by atoms with Crippen LogP contribution in [0.1, 0.15) is 22.3 Å². The minimum absolute atomic E-state index is 0.410. The molecular weight excluding hydrogens is 1370 g/mol. The number of hydrogen-bond donors (Lipinski definition) is 0. The molecule has 1 spiro atoms. The Balaban J connectivity index is 0.000000157. The molecule has 0 fully saturated rings. The van der Waals surface area contributed by atoms with Crippen molar-refractivity contribution in [3.05, 3.63) is 411 Å². The van der Waals surface area contributed by atoms with Crippen LogP contribution in [-0.4, -0.2) is 58.6 Å². The molecule has 524 valence electrons. The Labute approximate surface area is 645 Å². The largest absolute Gasteiger partial charge is 0.276 e. The number of imidazole rings is 3. The van der Waals surface area contributed by atoms with Gasteiger partial charge in [-0.3, -0.25) is 13.7 Å². The molecular formula is C100H64N12. The first-order chi connectivity index (χ1) is 55.6. The lowest BCUT2D eigenvalue weighted by Crippen LogP contribution is -2.25. The van der Waals surface area contributed by atoms with Gasteiger partial charge in [0.15, 0.2) is 34.4 Å². The molecule has 12 heteroatoms. The Hall–Kier alpha value is -15.3. The van der Waals surface area contributed by atoms with Crippen LogP contribution in [0.2, 0.25) is 0 Å². The molecule has 0 saturated heterocycles. The highest BCUT2D eigenvalue weighted by molar-refractivity contribution is 5.97. The van der Waals surface area contributed by atoms with Crippen LogP contribution in [0.15, 0.2) is 389 Å². The maximum Gasteiger partial charge on any atom is 0.164 e. The normalized spacial score (nSPS) is 12.2. The molecule has 13 aromatic carbocycles. The lowest BCUT2D eigenvalue weighted by atomic mass is 9.70. The molecule has 7 heterocycles. The molecule has 22 rings (SSSR count). The van der Waals surface area contributed by atoms with Crippen molar-refractivity contribution in [3.8, 4) is 141 Å². The summed E-state index contributed by atoms with van der Waals surface area (Å²) in [6.07, 6.45) is 5.49. The summed E-state index contributed by atoms with van der Waals surface area (Å²) in [4.78, 5) is 46.3. The van der Waals surface area contributed by atoms with Crippen molar-refractivity contribution in [1.29, 1.82) is 0 Å². The van der Waals surface area contributed by atoms with Gasteiger partial charge in [-0.25, -0.2) is 44.9 Å². The van der Waals surface area contributed by atoms with Gasteiger partial charge in [0.25, 0.3) is 0 Å². The standard InChI is InChI=1S/C60H39N9.C40H25N3/c1-4-19-40(20-5-1)46-25-10-13-31-52(46)67-55(64-49-28-16-34-61-58(49)67)43-37-44(56-65-50-29-17-35-62-59(50)68(56)53-32-14-11-26-47(53)41-21-6-2-7-22-41)39-45(38-43)57-66-51-30-18-36-63-60(51)69(57)54-33-15-12-27-48(54)42-23-8-3-9-24-42;1-3-13-26(14-4-1)37-41-38(27-15-5-2-6-16-27)43-39(42-37)28-23-24-32-31-19-9-12-22-35(31)40(36(32)25-28)33-20-10-7-17-29(33)30-18-8-11-21-34(30)40/h1-39H;1-25H. The number of fused-ring (bicyclic) bond motifs is 13. The van der Waals surface area contributed by atoms with Crippen LogP contribution in [0.25, 0.3) is 175 Å². The Kier molecular flexibility index (Phi) is 15.8. The predicted molar refractivity (Wildman–Crippen MR) is 449 cm³/mol. The average Bonchev–Trinajstić information content (AvgIpc) is 1.51. The van der Waals surface area contributed by atoms with Crippen LogP contribution in [0.4, 0.5) is 0 Å². The van der Waals surface area contributed by atoms with E-state index in [1.807, 2.05) is 110 Å². The van der Waals surface area contributed by atoms with Crippen molar-refractivity contribution < 1.29 is 0 Å². The van der Waals surface area contributed by atoms with Gasteiger partial charge in [-0.2, -0.15) is 0 Å². The first-order valence-corrected chi connectivity index (χ1v) is 37.5. The third-order valence-electron chi connectivity index (χ3n) is 21.6. The number of pyridine rings is 3. The predicted octanol–water partition coefficient (Wildman–Crippen LogP) is 23.1. The van der Waals surface area contributed by atoms with E-state index in [-0.39, 0.29) is 0 Å². The van der Waals surface area contributed by atoms with Crippen molar-refractivity contribution >= 4 is 33.5 Å². The molecule has 12 nitrogen and oxygen atoms in total. The average molecular weight is 1430 g/mol. The van der Waals surface area contributed by atoms with E-state index in [2.05, 4.69) is 293 Å². The summed E-state index contributed by atoms with van der Waals surface area (Å²) in [5, 5.41) is 0.